The zero-order valence-electron chi connectivity index (χ0n) is 13.7. The van der Waals surface area contributed by atoms with Crippen LogP contribution in [-0.4, -0.2) is 33.8 Å². The molecule has 0 saturated carbocycles. The summed E-state index contributed by atoms with van der Waals surface area (Å²) in [4.78, 5) is 8.60. The van der Waals surface area contributed by atoms with Gasteiger partial charge in [0.05, 0.1) is 28.8 Å². The number of benzene rings is 2. The highest BCUT2D eigenvalue weighted by atomic mass is 19.4. The number of nitrogens with zero attached hydrogens (tertiary/aromatic N) is 2. The molecule has 9 heteroatoms. The van der Waals surface area contributed by atoms with Gasteiger partial charge in [0.2, 0.25) is 0 Å². The number of para-hydroxylation sites is 4. The van der Waals surface area contributed by atoms with Crippen molar-refractivity contribution in [3.05, 3.63) is 60.1 Å². The summed E-state index contributed by atoms with van der Waals surface area (Å²) in [6, 6.07) is 12.7. The Balaban J connectivity index is 1.71. The molecule has 0 amide bonds. The predicted molar refractivity (Wildman–Crippen MR) is 93.8 cm³/mol. The lowest BCUT2D eigenvalue weighted by molar-refractivity contribution is -0.274. The standard InChI is InChI=1S/C18H13F3N4O2/c19-18(20,21)27-14-8-4-3-7-12(14)25-9-13(26)15(16(25)22)17-23-10-5-1-2-6-11(10)24-17/h1-8,22,26H,9H2,(H,23,24). The van der Waals surface area contributed by atoms with Crippen LogP contribution in [0, 0.1) is 5.41 Å². The number of halogens is 3. The summed E-state index contributed by atoms with van der Waals surface area (Å²) in [5.41, 5.74) is 1.53. The zero-order chi connectivity index (χ0) is 19.2. The Hall–Kier alpha value is -3.49. The fourth-order valence-corrected chi connectivity index (χ4v) is 3.00. The number of aliphatic hydroxyl groups excluding tert-OH is 1. The first-order chi connectivity index (χ1) is 12.8. The van der Waals surface area contributed by atoms with Crippen LogP contribution in [-0.2, 0) is 0 Å². The highest BCUT2D eigenvalue weighted by Crippen LogP contribution is 2.37. The topological polar surface area (TPSA) is 85.2 Å². The summed E-state index contributed by atoms with van der Waals surface area (Å²) in [7, 11) is 0. The average molecular weight is 374 g/mol. The third-order valence-corrected chi connectivity index (χ3v) is 4.11. The van der Waals surface area contributed by atoms with Crippen molar-refractivity contribution in [2.24, 2.45) is 0 Å². The predicted octanol–water partition coefficient (Wildman–Crippen LogP) is 4.23. The highest BCUT2D eigenvalue weighted by molar-refractivity contribution is 6.30. The number of imidazole rings is 1. The minimum Gasteiger partial charge on any atom is -0.509 e. The van der Waals surface area contributed by atoms with Gasteiger partial charge in [-0.1, -0.05) is 24.3 Å². The Morgan fingerprint density at radius 2 is 1.81 bits per heavy atom. The molecular weight excluding hydrogens is 361 g/mol. The van der Waals surface area contributed by atoms with E-state index in [1.807, 2.05) is 6.07 Å². The fraction of sp³-hybridized carbons (Fsp3) is 0.111. The molecule has 3 aromatic rings. The lowest BCUT2D eigenvalue weighted by atomic mass is 10.2. The largest absolute Gasteiger partial charge is 0.573 e. The number of nitrogens with one attached hydrogen (secondary N) is 2. The highest BCUT2D eigenvalue weighted by Gasteiger charge is 2.36. The molecule has 4 rings (SSSR count). The Kier molecular flexibility index (Phi) is 3.79. The van der Waals surface area contributed by atoms with Gasteiger partial charge in [0.1, 0.15) is 17.4 Å². The van der Waals surface area contributed by atoms with E-state index in [-0.39, 0.29) is 35.2 Å². The summed E-state index contributed by atoms with van der Waals surface area (Å²) in [6.07, 6.45) is -4.87. The van der Waals surface area contributed by atoms with Crippen molar-refractivity contribution >= 4 is 28.1 Å². The molecule has 0 unspecified atom stereocenters. The lowest BCUT2D eigenvalue weighted by Crippen LogP contribution is -2.28. The van der Waals surface area contributed by atoms with E-state index in [1.165, 1.54) is 23.1 Å². The first-order valence-electron chi connectivity index (χ1n) is 7.92. The van der Waals surface area contributed by atoms with Crippen LogP contribution in [0.5, 0.6) is 5.75 Å². The summed E-state index contributed by atoms with van der Waals surface area (Å²) in [5, 5.41) is 18.7. The van der Waals surface area contributed by atoms with Gasteiger partial charge in [0.15, 0.2) is 5.75 Å². The Morgan fingerprint density at radius 3 is 2.56 bits per heavy atom. The Labute approximate surface area is 151 Å². The number of alkyl halides is 3. The number of aromatic nitrogens is 2. The number of anilines is 1. The summed E-state index contributed by atoms with van der Waals surface area (Å²) >= 11 is 0. The zero-order valence-corrected chi connectivity index (χ0v) is 13.7. The van der Waals surface area contributed by atoms with Crippen molar-refractivity contribution in [1.29, 1.82) is 5.41 Å². The third kappa shape index (κ3) is 3.07. The maximum Gasteiger partial charge on any atom is 0.573 e. The molecule has 0 spiro atoms. The molecule has 0 fully saturated rings. The normalized spacial score (nSPS) is 15.1. The van der Waals surface area contributed by atoms with E-state index in [1.54, 1.807) is 18.2 Å². The van der Waals surface area contributed by atoms with Gasteiger partial charge in [-0.15, -0.1) is 13.2 Å². The van der Waals surface area contributed by atoms with Crippen LogP contribution >= 0.6 is 0 Å². The van der Waals surface area contributed by atoms with Gasteiger partial charge in [-0.25, -0.2) is 4.98 Å². The van der Waals surface area contributed by atoms with E-state index in [4.69, 9.17) is 5.41 Å². The number of aliphatic hydroxyl groups is 1. The second-order valence-electron chi connectivity index (χ2n) is 5.87. The quantitative estimate of drug-likeness (QED) is 0.641. The number of ether oxygens (including phenoxy) is 1. The molecule has 0 aliphatic carbocycles. The molecule has 1 aromatic heterocycles. The molecule has 2 heterocycles. The van der Waals surface area contributed by atoms with Gasteiger partial charge in [0.25, 0.3) is 0 Å². The summed E-state index contributed by atoms with van der Waals surface area (Å²) < 4.78 is 42.1. The van der Waals surface area contributed by atoms with Gasteiger partial charge in [-0.3, -0.25) is 5.41 Å². The van der Waals surface area contributed by atoms with E-state index >= 15 is 0 Å². The van der Waals surface area contributed by atoms with Crippen LogP contribution in [0.15, 0.2) is 54.3 Å². The third-order valence-electron chi connectivity index (χ3n) is 4.11. The first kappa shape index (κ1) is 17.0. The van der Waals surface area contributed by atoms with Gasteiger partial charge < -0.3 is 19.7 Å². The molecule has 27 heavy (non-hydrogen) atoms. The lowest BCUT2D eigenvalue weighted by Gasteiger charge is -2.22. The number of hydrogen-bond donors (Lipinski definition) is 3. The molecule has 3 N–H and O–H groups in total. The second kappa shape index (κ2) is 6.04. The average Bonchev–Trinajstić information content (AvgIpc) is 3.14. The van der Waals surface area contributed by atoms with Crippen molar-refractivity contribution in [3.63, 3.8) is 0 Å². The molecule has 0 saturated heterocycles. The molecule has 0 bridgehead atoms. The number of rotatable bonds is 3. The minimum absolute atomic E-state index is 0.0255. The number of aromatic amines is 1. The van der Waals surface area contributed by atoms with Crippen LogP contribution < -0.4 is 9.64 Å². The Morgan fingerprint density at radius 1 is 1.11 bits per heavy atom. The maximum absolute atomic E-state index is 12.7. The second-order valence-corrected chi connectivity index (χ2v) is 5.87. The van der Waals surface area contributed by atoms with Crippen LogP contribution in [0.3, 0.4) is 0 Å². The minimum atomic E-state index is -4.87. The van der Waals surface area contributed by atoms with Crippen molar-refractivity contribution in [3.8, 4) is 5.75 Å². The number of amidine groups is 1. The van der Waals surface area contributed by atoms with E-state index in [0.29, 0.717) is 5.52 Å². The van der Waals surface area contributed by atoms with Crippen molar-refractivity contribution in [1.82, 2.24) is 9.97 Å². The molecule has 1 aliphatic rings. The van der Waals surface area contributed by atoms with Crippen molar-refractivity contribution in [2.75, 3.05) is 11.4 Å². The molecule has 1 aliphatic heterocycles. The van der Waals surface area contributed by atoms with Crippen LogP contribution in [0.4, 0.5) is 18.9 Å². The van der Waals surface area contributed by atoms with E-state index < -0.39 is 12.1 Å². The van der Waals surface area contributed by atoms with Crippen molar-refractivity contribution < 1.29 is 23.0 Å². The molecule has 0 atom stereocenters. The smallest absolute Gasteiger partial charge is 0.509 e. The first-order valence-corrected chi connectivity index (χ1v) is 7.92. The molecular formula is C18H13F3N4O2. The van der Waals surface area contributed by atoms with E-state index in [2.05, 4.69) is 14.7 Å². The van der Waals surface area contributed by atoms with Gasteiger partial charge in [-0.2, -0.15) is 0 Å². The molecule has 2 aromatic carbocycles. The Bertz CT molecular complexity index is 1040. The summed E-state index contributed by atoms with van der Waals surface area (Å²) in [6.45, 7) is -0.163. The summed E-state index contributed by atoms with van der Waals surface area (Å²) in [5.74, 6) is -0.519. The SMILES string of the molecule is N=C1C(c2nc3ccccc3[nH]2)=C(O)CN1c1ccccc1OC(F)(F)F. The number of hydrogen-bond acceptors (Lipinski definition) is 4. The maximum atomic E-state index is 12.7. The van der Waals surface area contributed by atoms with Gasteiger partial charge in [0, 0.05) is 0 Å². The van der Waals surface area contributed by atoms with E-state index in [0.717, 1.165) is 11.6 Å². The van der Waals surface area contributed by atoms with Gasteiger partial charge in [-0.05, 0) is 24.3 Å². The van der Waals surface area contributed by atoms with Gasteiger partial charge >= 0.3 is 6.36 Å². The van der Waals surface area contributed by atoms with E-state index in [9.17, 15) is 18.3 Å². The van der Waals surface area contributed by atoms with Crippen LogP contribution in [0.1, 0.15) is 5.82 Å². The molecule has 0 radical (unpaired) electrons. The molecule has 138 valence electrons. The molecule has 6 nitrogen and oxygen atoms in total. The number of fused-ring (bicyclic) bond motifs is 1. The van der Waals surface area contributed by atoms with Crippen molar-refractivity contribution in [2.45, 2.75) is 6.36 Å². The van der Waals surface area contributed by atoms with Crippen LogP contribution in [0.2, 0.25) is 0 Å². The monoisotopic (exact) mass is 374 g/mol. The fourth-order valence-electron chi connectivity index (χ4n) is 3.00. The van der Waals surface area contributed by atoms with Crippen LogP contribution in [0.25, 0.3) is 16.6 Å². The number of H-pyrrole nitrogens is 1.